The first-order valence-corrected chi connectivity index (χ1v) is 11.3. The van der Waals surface area contributed by atoms with Gasteiger partial charge in [0.1, 0.15) is 13.2 Å². The van der Waals surface area contributed by atoms with Crippen LogP contribution in [0.15, 0.2) is 60.7 Å². The van der Waals surface area contributed by atoms with Crippen LogP contribution < -0.4 is 14.2 Å². The average Bonchev–Trinajstić information content (AvgIpc) is 2.87. The van der Waals surface area contributed by atoms with Crippen molar-refractivity contribution >= 4 is 35.1 Å². The number of methoxy groups -OCH3 is 3. The number of ether oxygens (including phenoxy) is 4. The zero-order valence-corrected chi connectivity index (χ0v) is 21.1. The molecule has 0 N–H and O–H groups in total. The Kier molecular flexibility index (Phi) is 9.23. The molecule has 0 fully saturated rings. The molecule has 0 unspecified atom stereocenters. The van der Waals surface area contributed by atoms with E-state index in [1.807, 2.05) is 30.3 Å². The van der Waals surface area contributed by atoms with E-state index >= 15 is 0 Å². The van der Waals surface area contributed by atoms with Crippen molar-refractivity contribution in [2.45, 2.75) is 13.2 Å². The van der Waals surface area contributed by atoms with Crippen LogP contribution in [0.2, 0.25) is 10.0 Å². The van der Waals surface area contributed by atoms with E-state index in [0.717, 1.165) is 5.56 Å². The lowest BCUT2D eigenvalue weighted by molar-refractivity contribution is -0.141. The van der Waals surface area contributed by atoms with Gasteiger partial charge in [-0.25, -0.2) is 0 Å². The highest BCUT2D eigenvalue weighted by molar-refractivity contribution is 6.36. The third kappa shape index (κ3) is 6.81. The molecule has 0 saturated carbocycles. The van der Waals surface area contributed by atoms with Crippen molar-refractivity contribution in [2.24, 2.45) is 0 Å². The predicted molar refractivity (Wildman–Crippen MR) is 134 cm³/mol. The Balaban J connectivity index is 1.95. The number of carbonyl (C=O) groups excluding carboxylic acids is 2. The second kappa shape index (κ2) is 12.3. The number of hydrogen-bond donors (Lipinski definition) is 0. The molecule has 35 heavy (non-hydrogen) atoms. The van der Waals surface area contributed by atoms with Crippen molar-refractivity contribution in [1.29, 1.82) is 0 Å². The van der Waals surface area contributed by atoms with Crippen LogP contribution in [0.5, 0.6) is 17.2 Å². The van der Waals surface area contributed by atoms with Gasteiger partial charge in [0.25, 0.3) is 5.91 Å². The first-order valence-electron chi connectivity index (χ1n) is 10.6. The quantitative estimate of drug-likeness (QED) is 0.335. The molecule has 3 aromatic rings. The Morgan fingerprint density at radius 2 is 1.57 bits per heavy atom. The summed E-state index contributed by atoms with van der Waals surface area (Å²) < 4.78 is 21.4. The molecule has 1 amide bonds. The van der Waals surface area contributed by atoms with Gasteiger partial charge < -0.3 is 23.8 Å². The predicted octanol–water partition coefficient (Wildman–Crippen LogP) is 5.41. The molecule has 0 heterocycles. The van der Waals surface area contributed by atoms with Crippen molar-refractivity contribution < 1.29 is 28.5 Å². The standard InChI is InChI=1S/C26H25Cl2NO6/c1-32-22-10-9-18(11-23(22)33-2)14-29(15-24(30)34-3)26(31)20-12-19(27)13-21(28)25(20)35-16-17-7-5-4-6-8-17/h4-13H,14-16H2,1-3H3. The maximum Gasteiger partial charge on any atom is 0.325 e. The first kappa shape index (κ1) is 26.2. The highest BCUT2D eigenvalue weighted by Crippen LogP contribution is 2.35. The summed E-state index contributed by atoms with van der Waals surface area (Å²) in [7, 11) is 4.31. The van der Waals surface area contributed by atoms with Gasteiger partial charge in [-0.1, -0.05) is 59.6 Å². The van der Waals surface area contributed by atoms with Crippen molar-refractivity contribution in [3.63, 3.8) is 0 Å². The molecular formula is C26H25Cl2NO6. The maximum absolute atomic E-state index is 13.7. The number of nitrogens with zero attached hydrogens (tertiary/aromatic N) is 1. The minimum absolute atomic E-state index is 0.0799. The van der Waals surface area contributed by atoms with Gasteiger partial charge in [-0.2, -0.15) is 0 Å². The lowest BCUT2D eigenvalue weighted by atomic mass is 10.1. The molecule has 0 atom stereocenters. The second-order valence-electron chi connectivity index (χ2n) is 7.47. The van der Waals surface area contributed by atoms with Crippen LogP contribution in [0.25, 0.3) is 0 Å². The number of halogens is 2. The number of hydrogen-bond acceptors (Lipinski definition) is 6. The molecule has 3 aromatic carbocycles. The molecule has 0 radical (unpaired) electrons. The number of amides is 1. The summed E-state index contributed by atoms with van der Waals surface area (Å²) in [5, 5.41) is 0.440. The molecule has 0 aliphatic heterocycles. The smallest absolute Gasteiger partial charge is 0.325 e. The van der Waals surface area contributed by atoms with Gasteiger partial charge in [-0.05, 0) is 35.4 Å². The Hall–Kier alpha value is -3.42. The van der Waals surface area contributed by atoms with Gasteiger partial charge in [0, 0.05) is 11.6 Å². The van der Waals surface area contributed by atoms with E-state index in [0.29, 0.717) is 17.1 Å². The van der Waals surface area contributed by atoms with Crippen LogP contribution in [-0.4, -0.2) is 44.7 Å². The topological polar surface area (TPSA) is 74.3 Å². The third-order valence-electron chi connectivity index (χ3n) is 5.12. The van der Waals surface area contributed by atoms with Crippen molar-refractivity contribution in [2.75, 3.05) is 27.9 Å². The van der Waals surface area contributed by atoms with Gasteiger partial charge in [-0.15, -0.1) is 0 Å². The van der Waals surface area contributed by atoms with E-state index in [1.165, 1.54) is 38.4 Å². The van der Waals surface area contributed by atoms with Gasteiger partial charge in [-0.3, -0.25) is 9.59 Å². The number of carbonyl (C=O) groups is 2. The fraction of sp³-hybridized carbons (Fsp3) is 0.231. The second-order valence-corrected chi connectivity index (χ2v) is 8.31. The van der Waals surface area contributed by atoms with Crippen LogP contribution in [-0.2, 0) is 22.7 Å². The van der Waals surface area contributed by atoms with Crippen molar-refractivity contribution in [1.82, 2.24) is 4.90 Å². The molecule has 7 nitrogen and oxygen atoms in total. The molecule has 3 rings (SSSR count). The molecule has 184 valence electrons. The van der Waals surface area contributed by atoms with E-state index in [9.17, 15) is 9.59 Å². The minimum Gasteiger partial charge on any atom is -0.493 e. The van der Waals surface area contributed by atoms with E-state index < -0.39 is 11.9 Å². The lowest BCUT2D eigenvalue weighted by Gasteiger charge is -2.24. The lowest BCUT2D eigenvalue weighted by Crippen LogP contribution is -2.36. The van der Waals surface area contributed by atoms with Crippen LogP contribution in [0, 0.1) is 0 Å². The van der Waals surface area contributed by atoms with Gasteiger partial charge in [0.05, 0.1) is 31.9 Å². The molecule has 9 heteroatoms. The molecule has 0 aliphatic rings. The number of benzene rings is 3. The molecule has 0 saturated heterocycles. The monoisotopic (exact) mass is 517 g/mol. The molecular weight excluding hydrogens is 493 g/mol. The van der Waals surface area contributed by atoms with Crippen molar-refractivity contribution in [3.8, 4) is 17.2 Å². The zero-order chi connectivity index (χ0) is 25.4. The molecule has 0 aromatic heterocycles. The Labute approximate surface area is 214 Å². The zero-order valence-electron chi connectivity index (χ0n) is 19.5. The fourth-order valence-corrected chi connectivity index (χ4v) is 3.93. The van der Waals surface area contributed by atoms with E-state index in [-0.39, 0.29) is 41.1 Å². The van der Waals surface area contributed by atoms with Gasteiger partial charge in [0.2, 0.25) is 0 Å². The summed E-state index contributed by atoms with van der Waals surface area (Å²) in [6.07, 6.45) is 0. The number of esters is 1. The average molecular weight is 518 g/mol. The molecule has 0 bridgehead atoms. The van der Waals surface area contributed by atoms with Crippen LogP contribution in [0.4, 0.5) is 0 Å². The van der Waals surface area contributed by atoms with E-state index in [2.05, 4.69) is 0 Å². The van der Waals surface area contributed by atoms with Crippen molar-refractivity contribution in [3.05, 3.63) is 87.4 Å². The molecule has 0 spiro atoms. The first-order chi connectivity index (χ1) is 16.9. The Morgan fingerprint density at radius 3 is 2.23 bits per heavy atom. The Morgan fingerprint density at radius 1 is 0.857 bits per heavy atom. The summed E-state index contributed by atoms with van der Waals surface area (Å²) in [5.74, 6) is 0.122. The summed E-state index contributed by atoms with van der Waals surface area (Å²) in [6, 6.07) is 17.6. The van der Waals surface area contributed by atoms with Gasteiger partial charge >= 0.3 is 5.97 Å². The highest BCUT2D eigenvalue weighted by atomic mass is 35.5. The third-order valence-corrected chi connectivity index (χ3v) is 5.62. The summed E-state index contributed by atoms with van der Waals surface area (Å²) in [6.45, 7) is -0.0301. The van der Waals surface area contributed by atoms with Crippen LogP contribution in [0.3, 0.4) is 0 Å². The molecule has 0 aliphatic carbocycles. The normalized spacial score (nSPS) is 10.4. The summed E-state index contributed by atoms with van der Waals surface area (Å²) >= 11 is 12.6. The SMILES string of the molecule is COC(=O)CN(Cc1ccc(OC)c(OC)c1)C(=O)c1cc(Cl)cc(Cl)c1OCc1ccccc1. The fourth-order valence-electron chi connectivity index (χ4n) is 3.39. The van der Waals surface area contributed by atoms with Gasteiger partial charge in [0.15, 0.2) is 17.2 Å². The van der Waals surface area contributed by atoms with E-state index in [1.54, 1.807) is 18.2 Å². The maximum atomic E-state index is 13.7. The van der Waals surface area contributed by atoms with Crippen LogP contribution in [0.1, 0.15) is 21.5 Å². The largest absolute Gasteiger partial charge is 0.493 e. The number of rotatable bonds is 10. The highest BCUT2D eigenvalue weighted by Gasteiger charge is 2.25. The minimum atomic E-state index is -0.585. The Bertz CT molecular complexity index is 1190. The van der Waals surface area contributed by atoms with Crippen LogP contribution >= 0.6 is 23.2 Å². The van der Waals surface area contributed by atoms with E-state index in [4.69, 9.17) is 42.1 Å². The summed E-state index contributed by atoms with van der Waals surface area (Å²) in [4.78, 5) is 27.2. The summed E-state index contributed by atoms with van der Waals surface area (Å²) in [5.41, 5.74) is 1.73.